The Morgan fingerprint density at radius 2 is 1.86 bits per heavy atom. The van der Waals surface area contributed by atoms with Gasteiger partial charge < -0.3 is 0 Å². The van der Waals surface area contributed by atoms with Gasteiger partial charge in [0.25, 0.3) is 0 Å². The molecule has 0 spiro atoms. The zero-order valence-corrected chi connectivity index (χ0v) is 20.5. The molecule has 1 aliphatic rings. The summed E-state index contributed by atoms with van der Waals surface area (Å²) in [5, 5.41) is 19.3. The number of nitrogens with one attached hydrogen (secondary N) is 1. The van der Waals surface area contributed by atoms with E-state index in [0.717, 1.165) is 59.2 Å². The third-order valence-electron chi connectivity index (χ3n) is 6.97. The second-order valence-corrected chi connectivity index (χ2v) is 9.60. The van der Waals surface area contributed by atoms with Crippen molar-refractivity contribution in [2.75, 3.05) is 0 Å². The minimum Gasteiger partial charge on any atom is -0.259 e. The molecule has 1 N–H and O–H groups in total. The van der Waals surface area contributed by atoms with E-state index in [1.165, 1.54) is 44.9 Å². The van der Waals surface area contributed by atoms with Gasteiger partial charge in [-0.05, 0) is 34.4 Å². The van der Waals surface area contributed by atoms with E-state index >= 15 is 0 Å². The average Bonchev–Trinajstić information content (AvgIpc) is 3.56. The van der Waals surface area contributed by atoms with Gasteiger partial charge in [-0.25, -0.2) is 14.8 Å². The number of hydrogen-bond donors (Lipinski definition) is 1. The number of unbranched alkanes of at least 4 members (excludes halogenated alkanes) is 2. The molecule has 3 heterocycles. The van der Waals surface area contributed by atoms with Crippen LogP contribution in [0.15, 0.2) is 42.6 Å². The quantitative estimate of drug-likeness (QED) is 0.311. The molecule has 1 aliphatic carbocycles. The van der Waals surface area contributed by atoms with Crippen LogP contribution in [0.1, 0.15) is 75.6 Å². The van der Waals surface area contributed by atoms with Crippen LogP contribution < -0.4 is 0 Å². The Morgan fingerprint density at radius 3 is 2.60 bits per heavy atom. The van der Waals surface area contributed by atoms with E-state index in [9.17, 15) is 0 Å². The van der Waals surface area contributed by atoms with Crippen LogP contribution in [0.25, 0.3) is 22.5 Å². The Morgan fingerprint density at radius 1 is 1.00 bits per heavy atom. The van der Waals surface area contributed by atoms with Gasteiger partial charge in [0.15, 0.2) is 11.6 Å². The lowest BCUT2D eigenvalue weighted by Gasteiger charge is -2.19. The number of aromatic nitrogens is 8. The first-order valence-corrected chi connectivity index (χ1v) is 13.0. The van der Waals surface area contributed by atoms with E-state index in [1.807, 2.05) is 24.4 Å². The van der Waals surface area contributed by atoms with Gasteiger partial charge in [-0.3, -0.25) is 4.98 Å². The minimum atomic E-state index is 0.646. The summed E-state index contributed by atoms with van der Waals surface area (Å²) < 4.78 is 2.09. The van der Waals surface area contributed by atoms with Crippen molar-refractivity contribution in [3.63, 3.8) is 0 Å². The summed E-state index contributed by atoms with van der Waals surface area (Å²) >= 11 is 0. The number of rotatable bonds is 10. The van der Waals surface area contributed by atoms with Crippen LogP contribution in [0.3, 0.4) is 0 Å². The molecule has 0 aliphatic heterocycles. The zero-order chi connectivity index (χ0) is 23.9. The van der Waals surface area contributed by atoms with Crippen molar-refractivity contribution in [1.29, 1.82) is 0 Å². The van der Waals surface area contributed by atoms with Gasteiger partial charge in [0.2, 0.25) is 0 Å². The Kier molecular flexibility index (Phi) is 7.56. The van der Waals surface area contributed by atoms with Gasteiger partial charge in [-0.1, -0.05) is 82.2 Å². The molecule has 182 valence electrons. The molecule has 0 saturated heterocycles. The number of aromatic amines is 1. The van der Waals surface area contributed by atoms with Gasteiger partial charge in [-0.15, -0.1) is 5.10 Å². The van der Waals surface area contributed by atoms with Gasteiger partial charge in [0, 0.05) is 30.2 Å². The molecule has 8 nitrogen and oxygen atoms in total. The predicted octanol–water partition coefficient (Wildman–Crippen LogP) is 5.42. The standard InChI is InChI=1S/C27H34N8/c1-2-3-5-14-26-29-25(17-20-10-6-4-7-11-20)32-35(26)19-22-16-15-21(18-28-22)23-12-8-9-13-24(23)27-30-33-34-31-27/h8-9,12-13,15-16,18,20H,2-7,10-11,14,17,19H2,1H3,(H,30,31,33,34). The fourth-order valence-corrected chi connectivity index (χ4v) is 5.05. The van der Waals surface area contributed by atoms with E-state index in [1.54, 1.807) is 0 Å². The molecule has 0 bridgehead atoms. The molecule has 3 aromatic heterocycles. The second-order valence-electron chi connectivity index (χ2n) is 9.60. The molecule has 8 heteroatoms. The predicted molar refractivity (Wildman–Crippen MR) is 135 cm³/mol. The van der Waals surface area contributed by atoms with Crippen LogP contribution in [0.2, 0.25) is 0 Å². The number of pyridine rings is 1. The second kappa shape index (κ2) is 11.3. The molecule has 35 heavy (non-hydrogen) atoms. The normalized spacial score (nSPS) is 14.4. The lowest BCUT2D eigenvalue weighted by molar-refractivity contribution is 0.351. The van der Waals surface area contributed by atoms with Crippen LogP contribution >= 0.6 is 0 Å². The first kappa shape index (κ1) is 23.3. The Hall–Kier alpha value is -3.42. The molecule has 0 unspecified atom stereocenters. The van der Waals surface area contributed by atoms with Gasteiger partial charge in [0.05, 0.1) is 12.2 Å². The van der Waals surface area contributed by atoms with Crippen LogP contribution in [-0.2, 0) is 19.4 Å². The third-order valence-corrected chi connectivity index (χ3v) is 6.97. The summed E-state index contributed by atoms with van der Waals surface area (Å²) in [6.45, 7) is 2.88. The highest BCUT2D eigenvalue weighted by atomic mass is 15.5. The summed E-state index contributed by atoms with van der Waals surface area (Å²) in [5.74, 6) is 3.49. The van der Waals surface area contributed by atoms with Crippen molar-refractivity contribution < 1.29 is 0 Å². The molecule has 0 atom stereocenters. The molecule has 0 radical (unpaired) electrons. The van der Waals surface area contributed by atoms with Gasteiger partial charge >= 0.3 is 0 Å². The van der Waals surface area contributed by atoms with Crippen molar-refractivity contribution in [2.45, 2.75) is 77.7 Å². The monoisotopic (exact) mass is 470 g/mol. The number of nitrogens with zero attached hydrogens (tertiary/aromatic N) is 7. The summed E-state index contributed by atoms with van der Waals surface area (Å²) in [6, 6.07) is 12.3. The topological polar surface area (TPSA) is 98.1 Å². The minimum absolute atomic E-state index is 0.646. The zero-order valence-electron chi connectivity index (χ0n) is 20.5. The smallest absolute Gasteiger partial charge is 0.180 e. The number of aryl methyl sites for hydroxylation is 1. The van der Waals surface area contributed by atoms with Crippen molar-refractivity contribution in [2.24, 2.45) is 5.92 Å². The van der Waals surface area contributed by atoms with Crippen molar-refractivity contribution in [3.05, 3.63) is 59.9 Å². The Labute approximate surface area is 206 Å². The molecule has 1 aromatic carbocycles. The van der Waals surface area contributed by atoms with Crippen molar-refractivity contribution in [1.82, 2.24) is 40.4 Å². The summed E-state index contributed by atoms with van der Waals surface area (Å²) in [5.41, 5.74) is 4.01. The van der Waals surface area contributed by atoms with E-state index in [-0.39, 0.29) is 0 Å². The first-order chi connectivity index (χ1) is 17.3. The molecule has 5 rings (SSSR count). The van der Waals surface area contributed by atoms with E-state index in [4.69, 9.17) is 15.1 Å². The maximum atomic E-state index is 4.98. The van der Waals surface area contributed by atoms with Crippen LogP contribution in [0, 0.1) is 5.92 Å². The molecular formula is C27H34N8. The van der Waals surface area contributed by atoms with Crippen molar-refractivity contribution in [3.8, 4) is 22.5 Å². The Bertz CT molecular complexity index is 1190. The fraction of sp³-hybridized carbons (Fsp3) is 0.481. The first-order valence-electron chi connectivity index (χ1n) is 13.0. The molecule has 1 saturated carbocycles. The van der Waals surface area contributed by atoms with Crippen LogP contribution in [0.4, 0.5) is 0 Å². The highest BCUT2D eigenvalue weighted by molar-refractivity contribution is 5.79. The van der Waals surface area contributed by atoms with E-state index in [2.05, 4.69) is 50.4 Å². The van der Waals surface area contributed by atoms with Crippen LogP contribution in [-0.4, -0.2) is 40.4 Å². The largest absolute Gasteiger partial charge is 0.259 e. The Balaban J connectivity index is 1.34. The third kappa shape index (κ3) is 5.81. The molecule has 1 fully saturated rings. The molecule has 4 aromatic rings. The molecular weight excluding hydrogens is 436 g/mol. The maximum absolute atomic E-state index is 4.98. The highest BCUT2D eigenvalue weighted by Gasteiger charge is 2.18. The SMILES string of the molecule is CCCCCc1nc(CC2CCCCC2)nn1Cc1ccc(-c2ccccc2-c2nnn[nH]2)cn1. The number of H-pyrrole nitrogens is 1. The lowest BCUT2D eigenvalue weighted by atomic mass is 9.87. The lowest BCUT2D eigenvalue weighted by Crippen LogP contribution is -2.11. The number of benzene rings is 1. The van der Waals surface area contributed by atoms with E-state index in [0.29, 0.717) is 12.4 Å². The molecule has 0 amide bonds. The summed E-state index contributed by atoms with van der Waals surface area (Å²) in [7, 11) is 0. The van der Waals surface area contributed by atoms with E-state index < -0.39 is 0 Å². The van der Waals surface area contributed by atoms with Crippen LogP contribution in [0.5, 0.6) is 0 Å². The average molecular weight is 471 g/mol. The van der Waals surface area contributed by atoms with Crippen molar-refractivity contribution >= 4 is 0 Å². The maximum Gasteiger partial charge on any atom is 0.180 e. The fourth-order valence-electron chi connectivity index (χ4n) is 5.05. The highest BCUT2D eigenvalue weighted by Crippen LogP contribution is 2.29. The summed E-state index contributed by atoms with van der Waals surface area (Å²) in [6.07, 6.45) is 14.2. The number of hydrogen-bond acceptors (Lipinski definition) is 6. The van der Waals surface area contributed by atoms with Gasteiger partial charge in [-0.2, -0.15) is 5.10 Å². The van der Waals surface area contributed by atoms with Gasteiger partial charge in [0.1, 0.15) is 5.82 Å². The number of tetrazole rings is 1. The summed E-state index contributed by atoms with van der Waals surface area (Å²) in [4.78, 5) is 9.76.